The van der Waals surface area contributed by atoms with Crippen molar-refractivity contribution >= 4 is 11.6 Å². The summed E-state index contributed by atoms with van der Waals surface area (Å²) in [6, 6.07) is 5.79. The molecule has 17 heavy (non-hydrogen) atoms. The second kappa shape index (κ2) is 7.54. The van der Waals surface area contributed by atoms with Crippen LogP contribution in [-0.2, 0) is 6.42 Å². The lowest BCUT2D eigenvalue weighted by atomic mass is 10.1. The number of methoxy groups -OCH3 is 1. The lowest BCUT2D eigenvalue weighted by Crippen LogP contribution is -2.27. The number of rotatable bonds is 7. The summed E-state index contributed by atoms with van der Waals surface area (Å²) in [6.45, 7) is 4.71. The van der Waals surface area contributed by atoms with E-state index in [0.29, 0.717) is 5.92 Å². The quantitative estimate of drug-likeness (QED) is 0.735. The zero-order valence-corrected chi connectivity index (χ0v) is 11.3. The van der Waals surface area contributed by atoms with Gasteiger partial charge in [-0.05, 0) is 49.7 Å². The number of ether oxygens (including phenoxy) is 1. The molecule has 0 heterocycles. The van der Waals surface area contributed by atoms with E-state index in [4.69, 9.17) is 22.1 Å². The van der Waals surface area contributed by atoms with Crippen molar-refractivity contribution in [2.75, 3.05) is 26.7 Å². The van der Waals surface area contributed by atoms with Gasteiger partial charge in [0, 0.05) is 5.02 Å². The molecule has 0 spiro atoms. The molecule has 1 rings (SSSR count). The Hall–Kier alpha value is -0.770. The Balaban J connectivity index is 2.36. The van der Waals surface area contributed by atoms with Gasteiger partial charge in [0.1, 0.15) is 5.75 Å². The molecule has 4 heteroatoms. The molecule has 0 amide bonds. The summed E-state index contributed by atoms with van der Waals surface area (Å²) in [7, 11) is 1.64. The van der Waals surface area contributed by atoms with E-state index in [1.54, 1.807) is 7.11 Å². The summed E-state index contributed by atoms with van der Waals surface area (Å²) in [5.41, 5.74) is 6.69. The number of halogens is 1. The largest absolute Gasteiger partial charge is 0.497 e. The third-order valence-corrected chi connectivity index (χ3v) is 3.08. The molecule has 3 N–H and O–H groups in total. The maximum Gasteiger partial charge on any atom is 0.120 e. The van der Waals surface area contributed by atoms with Crippen LogP contribution in [0.1, 0.15) is 12.5 Å². The minimum atomic E-state index is 0.515. The van der Waals surface area contributed by atoms with Gasteiger partial charge in [-0.25, -0.2) is 0 Å². The molecule has 0 aliphatic carbocycles. The van der Waals surface area contributed by atoms with Crippen LogP contribution < -0.4 is 15.8 Å². The lowest BCUT2D eigenvalue weighted by Gasteiger charge is -2.11. The van der Waals surface area contributed by atoms with Crippen LogP contribution >= 0.6 is 11.6 Å². The van der Waals surface area contributed by atoms with Crippen molar-refractivity contribution in [1.29, 1.82) is 0 Å². The van der Waals surface area contributed by atoms with Crippen LogP contribution in [0.5, 0.6) is 5.75 Å². The van der Waals surface area contributed by atoms with Crippen molar-refractivity contribution in [2.24, 2.45) is 11.7 Å². The molecule has 0 bridgehead atoms. The maximum atomic E-state index is 6.15. The van der Waals surface area contributed by atoms with Gasteiger partial charge < -0.3 is 15.8 Å². The fraction of sp³-hybridized carbons (Fsp3) is 0.538. The molecule has 1 unspecified atom stereocenters. The molecule has 96 valence electrons. The summed E-state index contributed by atoms with van der Waals surface area (Å²) in [5, 5.41) is 4.13. The summed E-state index contributed by atoms with van der Waals surface area (Å²) < 4.78 is 5.11. The zero-order chi connectivity index (χ0) is 12.7. The van der Waals surface area contributed by atoms with Crippen LogP contribution in [0.3, 0.4) is 0 Å². The fourth-order valence-corrected chi connectivity index (χ4v) is 1.78. The van der Waals surface area contributed by atoms with Crippen molar-refractivity contribution in [1.82, 2.24) is 5.32 Å². The van der Waals surface area contributed by atoms with E-state index in [1.807, 2.05) is 18.2 Å². The van der Waals surface area contributed by atoms with Gasteiger partial charge in [-0.3, -0.25) is 0 Å². The molecule has 0 fully saturated rings. The van der Waals surface area contributed by atoms with E-state index in [2.05, 4.69) is 12.2 Å². The van der Waals surface area contributed by atoms with Gasteiger partial charge >= 0.3 is 0 Å². The molecule has 0 saturated carbocycles. The Morgan fingerprint density at radius 3 is 2.82 bits per heavy atom. The third-order valence-electron chi connectivity index (χ3n) is 2.73. The van der Waals surface area contributed by atoms with Gasteiger partial charge in [0.25, 0.3) is 0 Å². The van der Waals surface area contributed by atoms with Gasteiger partial charge in [-0.1, -0.05) is 24.6 Å². The molecule has 3 nitrogen and oxygen atoms in total. The SMILES string of the molecule is COc1ccc(CCNCC(C)CN)c(Cl)c1. The molecule has 1 atom stereocenters. The number of benzene rings is 1. The molecule has 0 aliphatic rings. The van der Waals surface area contributed by atoms with Crippen LogP contribution in [0, 0.1) is 5.92 Å². The van der Waals surface area contributed by atoms with Crippen LogP contribution in [0.2, 0.25) is 5.02 Å². The number of hydrogen-bond acceptors (Lipinski definition) is 3. The molecule has 0 saturated heterocycles. The second-order valence-electron chi connectivity index (χ2n) is 4.25. The predicted molar refractivity (Wildman–Crippen MR) is 72.8 cm³/mol. The van der Waals surface area contributed by atoms with Crippen LogP contribution in [0.4, 0.5) is 0 Å². The van der Waals surface area contributed by atoms with E-state index in [1.165, 1.54) is 0 Å². The van der Waals surface area contributed by atoms with Crippen molar-refractivity contribution in [3.8, 4) is 5.75 Å². The highest BCUT2D eigenvalue weighted by molar-refractivity contribution is 6.31. The smallest absolute Gasteiger partial charge is 0.120 e. The van der Waals surface area contributed by atoms with Gasteiger partial charge in [0.05, 0.1) is 7.11 Å². The van der Waals surface area contributed by atoms with E-state index in [9.17, 15) is 0 Å². The summed E-state index contributed by atoms with van der Waals surface area (Å²) in [5.74, 6) is 1.31. The Labute approximate surface area is 108 Å². The third kappa shape index (κ3) is 4.94. The highest BCUT2D eigenvalue weighted by Crippen LogP contribution is 2.22. The normalized spacial score (nSPS) is 12.5. The molecule has 1 aromatic carbocycles. The van der Waals surface area contributed by atoms with Crippen molar-refractivity contribution in [2.45, 2.75) is 13.3 Å². The van der Waals surface area contributed by atoms with Crippen LogP contribution in [0.15, 0.2) is 18.2 Å². The van der Waals surface area contributed by atoms with Crippen molar-refractivity contribution < 1.29 is 4.74 Å². The minimum absolute atomic E-state index is 0.515. The highest BCUT2D eigenvalue weighted by atomic mass is 35.5. The van der Waals surface area contributed by atoms with E-state index in [0.717, 1.165) is 42.4 Å². The second-order valence-corrected chi connectivity index (χ2v) is 4.66. The maximum absolute atomic E-state index is 6.15. The molecule has 0 aliphatic heterocycles. The summed E-state index contributed by atoms with van der Waals surface area (Å²) in [4.78, 5) is 0. The summed E-state index contributed by atoms with van der Waals surface area (Å²) >= 11 is 6.15. The van der Waals surface area contributed by atoms with Crippen LogP contribution in [0.25, 0.3) is 0 Å². The number of nitrogens with two attached hydrogens (primary N) is 1. The predicted octanol–water partition coefficient (Wildman–Crippen LogP) is 2.08. The van der Waals surface area contributed by atoms with Gasteiger partial charge in [-0.2, -0.15) is 0 Å². The standard InChI is InChI=1S/C13H21ClN2O/c1-10(8-15)9-16-6-5-11-3-4-12(17-2)7-13(11)14/h3-4,7,10,16H,5-6,8-9,15H2,1-2H3. The van der Waals surface area contributed by atoms with Crippen molar-refractivity contribution in [3.63, 3.8) is 0 Å². The molecule has 1 aromatic rings. The Kier molecular flexibility index (Phi) is 6.34. The first-order valence-electron chi connectivity index (χ1n) is 5.90. The first-order chi connectivity index (χ1) is 8.17. The number of hydrogen-bond donors (Lipinski definition) is 2. The van der Waals surface area contributed by atoms with E-state index < -0.39 is 0 Å². The molecule has 0 aromatic heterocycles. The van der Waals surface area contributed by atoms with E-state index >= 15 is 0 Å². The Morgan fingerprint density at radius 1 is 1.47 bits per heavy atom. The lowest BCUT2D eigenvalue weighted by molar-refractivity contribution is 0.414. The van der Waals surface area contributed by atoms with Crippen molar-refractivity contribution in [3.05, 3.63) is 28.8 Å². The van der Waals surface area contributed by atoms with Crippen LogP contribution in [-0.4, -0.2) is 26.7 Å². The topological polar surface area (TPSA) is 47.3 Å². The molecule has 0 radical (unpaired) electrons. The minimum Gasteiger partial charge on any atom is -0.497 e. The Morgan fingerprint density at radius 2 is 2.24 bits per heavy atom. The number of nitrogens with one attached hydrogen (secondary N) is 1. The van der Waals surface area contributed by atoms with Gasteiger partial charge in [0.15, 0.2) is 0 Å². The average molecular weight is 257 g/mol. The first kappa shape index (κ1) is 14.3. The Bertz CT molecular complexity index is 344. The zero-order valence-electron chi connectivity index (χ0n) is 10.5. The average Bonchev–Trinajstić information content (AvgIpc) is 2.35. The van der Waals surface area contributed by atoms with Gasteiger partial charge in [-0.15, -0.1) is 0 Å². The summed E-state index contributed by atoms with van der Waals surface area (Å²) in [6.07, 6.45) is 0.917. The highest BCUT2D eigenvalue weighted by Gasteiger charge is 2.03. The molecular weight excluding hydrogens is 236 g/mol. The fourth-order valence-electron chi connectivity index (χ4n) is 1.51. The monoisotopic (exact) mass is 256 g/mol. The van der Waals surface area contributed by atoms with E-state index in [-0.39, 0.29) is 0 Å². The molecular formula is C13H21ClN2O. The first-order valence-corrected chi connectivity index (χ1v) is 6.28. The van der Waals surface area contributed by atoms with Gasteiger partial charge in [0.2, 0.25) is 0 Å².